The molecule has 2 aromatic carbocycles. The van der Waals surface area contributed by atoms with E-state index < -0.39 is 16.9 Å². The van der Waals surface area contributed by atoms with Crippen LogP contribution in [0.4, 0.5) is 5.69 Å². The van der Waals surface area contributed by atoms with Crippen LogP contribution in [0.5, 0.6) is 0 Å². The molecular weight excluding hydrogens is 416 g/mol. The molecule has 0 aromatic heterocycles. The summed E-state index contributed by atoms with van der Waals surface area (Å²) in [5.74, 6) is -0.937. The van der Waals surface area contributed by atoms with Crippen LogP contribution >= 0.6 is 0 Å². The first-order valence-electron chi connectivity index (χ1n) is 11.7. The molecule has 0 saturated heterocycles. The van der Waals surface area contributed by atoms with E-state index >= 15 is 0 Å². The van der Waals surface area contributed by atoms with Gasteiger partial charge in [-0.15, -0.1) is 0 Å². The number of amides is 2. The summed E-state index contributed by atoms with van der Waals surface area (Å²) in [4.78, 5) is 36.7. The van der Waals surface area contributed by atoms with Crippen LogP contribution in [0.25, 0.3) is 0 Å². The second-order valence-electron chi connectivity index (χ2n) is 9.99. The Labute approximate surface area is 194 Å². The van der Waals surface area contributed by atoms with E-state index in [0.29, 0.717) is 5.92 Å². The minimum Gasteiger partial charge on any atom is -0.480 e. The molecule has 0 unspecified atom stereocenters. The Hall–Kier alpha value is -3.15. The number of carboxylic acid groups (broad SMARTS) is 1. The molecule has 0 radical (unpaired) electrons. The minimum atomic E-state index is -1.26. The van der Waals surface area contributed by atoms with Crippen LogP contribution in [0.1, 0.15) is 69.4 Å². The predicted molar refractivity (Wildman–Crippen MR) is 127 cm³/mol. The van der Waals surface area contributed by atoms with Gasteiger partial charge in [-0.2, -0.15) is 0 Å². The second kappa shape index (κ2) is 9.00. The topological polar surface area (TPSA) is 95.5 Å². The zero-order chi connectivity index (χ0) is 23.6. The highest BCUT2D eigenvalue weighted by Crippen LogP contribution is 2.49. The molecule has 2 saturated carbocycles. The normalized spacial score (nSPS) is 21.6. The molecule has 174 valence electrons. The van der Waals surface area contributed by atoms with Gasteiger partial charge >= 0.3 is 5.97 Å². The Bertz CT molecular complexity index is 1020. The number of nitrogens with one attached hydrogen (secondary N) is 2. The third kappa shape index (κ3) is 4.95. The highest BCUT2D eigenvalue weighted by atomic mass is 16.4. The molecule has 0 aliphatic heterocycles. The molecule has 2 aromatic rings. The van der Waals surface area contributed by atoms with Crippen LogP contribution in [0.2, 0.25) is 0 Å². The summed E-state index contributed by atoms with van der Waals surface area (Å²) in [6.07, 6.45) is 5.00. The Morgan fingerprint density at radius 1 is 0.909 bits per heavy atom. The van der Waals surface area contributed by atoms with Crippen molar-refractivity contribution in [3.8, 4) is 0 Å². The van der Waals surface area contributed by atoms with Crippen LogP contribution in [-0.2, 0) is 19.8 Å². The molecule has 0 bridgehead atoms. The lowest BCUT2D eigenvalue weighted by molar-refractivity contribution is -0.146. The highest BCUT2D eigenvalue weighted by molar-refractivity contribution is 6.01. The minimum absolute atomic E-state index is 0.0530. The van der Waals surface area contributed by atoms with E-state index in [1.165, 1.54) is 19.4 Å². The van der Waals surface area contributed by atoms with E-state index in [1.54, 1.807) is 0 Å². The average molecular weight is 449 g/mol. The quantitative estimate of drug-likeness (QED) is 0.576. The van der Waals surface area contributed by atoms with E-state index in [4.69, 9.17) is 0 Å². The third-order valence-electron chi connectivity index (χ3n) is 7.22. The number of aliphatic carboxylic acids is 1. The van der Waals surface area contributed by atoms with Gasteiger partial charge in [0.2, 0.25) is 11.8 Å². The van der Waals surface area contributed by atoms with Gasteiger partial charge in [-0.1, -0.05) is 42.5 Å². The zero-order valence-electron chi connectivity index (χ0n) is 19.3. The van der Waals surface area contributed by atoms with E-state index in [2.05, 4.69) is 22.8 Å². The number of carboxylic acids is 1. The fourth-order valence-electron chi connectivity index (χ4n) is 4.77. The fourth-order valence-corrected chi connectivity index (χ4v) is 4.77. The third-order valence-corrected chi connectivity index (χ3v) is 7.22. The maximum atomic E-state index is 12.9. The van der Waals surface area contributed by atoms with Crippen LogP contribution in [0.15, 0.2) is 54.6 Å². The van der Waals surface area contributed by atoms with Crippen molar-refractivity contribution in [2.24, 2.45) is 5.92 Å². The van der Waals surface area contributed by atoms with Gasteiger partial charge in [-0.05, 0) is 81.5 Å². The number of benzene rings is 2. The summed E-state index contributed by atoms with van der Waals surface area (Å²) in [5, 5.41) is 15.0. The molecule has 6 nitrogen and oxygen atoms in total. The SMILES string of the molecule is CC(C)(NC(=O)[C@H]1CC[C@@H](c2ccc(NC(=O)C3(c4ccccc4)CC3)cc2)CC1)C(=O)O. The smallest absolute Gasteiger partial charge is 0.328 e. The van der Waals surface area contributed by atoms with Gasteiger partial charge in [-0.3, -0.25) is 9.59 Å². The summed E-state index contributed by atoms with van der Waals surface area (Å²) in [6, 6.07) is 18.0. The van der Waals surface area contributed by atoms with E-state index in [-0.39, 0.29) is 17.7 Å². The van der Waals surface area contributed by atoms with E-state index in [0.717, 1.165) is 49.8 Å². The van der Waals surface area contributed by atoms with Crippen LogP contribution in [-0.4, -0.2) is 28.4 Å². The molecule has 2 fully saturated rings. The Kier molecular flexibility index (Phi) is 6.28. The van der Waals surface area contributed by atoms with Crippen molar-refractivity contribution >= 4 is 23.5 Å². The molecule has 4 rings (SSSR count). The number of anilines is 1. The Morgan fingerprint density at radius 2 is 1.52 bits per heavy atom. The highest BCUT2D eigenvalue weighted by Gasteiger charge is 2.51. The predicted octanol–water partition coefficient (Wildman–Crippen LogP) is 4.61. The van der Waals surface area contributed by atoms with Crippen molar-refractivity contribution < 1.29 is 19.5 Å². The molecule has 2 aliphatic carbocycles. The lowest BCUT2D eigenvalue weighted by atomic mass is 9.78. The summed E-state index contributed by atoms with van der Waals surface area (Å²) >= 11 is 0. The number of carbonyl (C=O) groups is 3. The maximum Gasteiger partial charge on any atom is 0.328 e. The number of carbonyl (C=O) groups excluding carboxylic acids is 2. The van der Waals surface area contributed by atoms with E-state index in [9.17, 15) is 19.5 Å². The van der Waals surface area contributed by atoms with Gasteiger partial charge in [0.15, 0.2) is 0 Å². The summed E-state index contributed by atoms with van der Waals surface area (Å²) < 4.78 is 0. The molecule has 6 heteroatoms. The van der Waals surface area contributed by atoms with Crippen LogP contribution in [0.3, 0.4) is 0 Å². The first kappa shape index (κ1) is 23.0. The van der Waals surface area contributed by atoms with Crippen molar-refractivity contribution in [2.75, 3.05) is 5.32 Å². The van der Waals surface area contributed by atoms with Crippen molar-refractivity contribution in [3.05, 3.63) is 65.7 Å². The lowest BCUT2D eigenvalue weighted by Crippen LogP contribution is -2.51. The van der Waals surface area contributed by atoms with Gasteiger partial charge in [0.05, 0.1) is 5.41 Å². The number of hydrogen-bond acceptors (Lipinski definition) is 3. The van der Waals surface area contributed by atoms with Crippen molar-refractivity contribution in [2.45, 2.75) is 69.2 Å². The van der Waals surface area contributed by atoms with Gasteiger partial charge in [0.25, 0.3) is 0 Å². The number of hydrogen-bond donors (Lipinski definition) is 3. The average Bonchev–Trinajstić information content (AvgIpc) is 3.62. The molecule has 0 spiro atoms. The zero-order valence-corrected chi connectivity index (χ0v) is 19.3. The van der Waals surface area contributed by atoms with Gasteiger partial charge in [-0.25, -0.2) is 4.79 Å². The van der Waals surface area contributed by atoms with Crippen molar-refractivity contribution in [3.63, 3.8) is 0 Å². The van der Waals surface area contributed by atoms with Crippen LogP contribution in [0, 0.1) is 5.92 Å². The largest absolute Gasteiger partial charge is 0.480 e. The van der Waals surface area contributed by atoms with Crippen LogP contribution < -0.4 is 10.6 Å². The van der Waals surface area contributed by atoms with Crippen molar-refractivity contribution in [1.29, 1.82) is 0 Å². The van der Waals surface area contributed by atoms with Gasteiger partial charge < -0.3 is 15.7 Å². The molecule has 2 aliphatic rings. The summed E-state index contributed by atoms with van der Waals surface area (Å²) in [7, 11) is 0. The monoisotopic (exact) mass is 448 g/mol. The summed E-state index contributed by atoms with van der Waals surface area (Å²) in [5.41, 5.74) is 1.44. The molecule has 3 N–H and O–H groups in total. The Balaban J connectivity index is 1.31. The number of rotatable bonds is 7. The maximum absolute atomic E-state index is 12.9. The first-order chi connectivity index (χ1) is 15.7. The summed E-state index contributed by atoms with van der Waals surface area (Å²) in [6.45, 7) is 3.01. The van der Waals surface area contributed by atoms with Gasteiger partial charge in [0.1, 0.15) is 5.54 Å². The Morgan fingerprint density at radius 3 is 2.06 bits per heavy atom. The lowest BCUT2D eigenvalue weighted by Gasteiger charge is -2.30. The van der Waals surface area contributed by atoms with Crippen molar-refractivity contribution in [1.82, 2.24) is 5.32 Å². The standard InChI is InChI=1S/C27H32N2O4/c1-26(2,25(32)33)29-23(30)20-10-8-18(9-11-20)19-12-14-22(15-13-19)28-24(31)27(16-17-27)21-6-4-3-5-7-21/h3-7,12-15,18,20H,8-11,16-17H2,1-2H3,(H,28,31)(H,29,30)(H,32,33)/t18-,20+. The first-order valence-corrected chi connectivity index (χ1v) is 11.7. The fraction of sp³-hybridized carbons (Fsp3) is 0.444. The molecule has 2 amide bonds. The molecule has 33 heavy (non-hydrogen) atoms. The second-order valence-corrected chi connectivity index (χ2v) is 9.99. The van der Waals surface area contributed by atoms with Gasteiger partial charge in [0, 0.05) is 11.6 Å². The van der Waals surface area contributed by atoms with E-state index in [1.807, 2.05) is 42.5 Å². The molecule has 0 atom stereocenters. The molecule has 0 heterocycles. The molecular formula is C27H32N2O4.